The number of aliphatic carboxylic acids is 1. The highest BCUT2D eigenvalue weighted by Gasteiger charge is 2.37. The van der Waals surface area contributed by atoms with Gasteiger partial charge in [0.15, 0.2) is 0 Å². The standard InChI is InChI=1S/C18H27N5O5/c1-20-5-7-22(16(24)12-28-2)15(11-20)18(27)21-6-8-23-14(10-21)9-13(19-23)3-4-17(25)26/h9,15H,3-8,10-12H2,1-2H3,(H,25,26). The second-order valence-corrected chi connectivity index (χ2v) is 7.30. The zero-order valence-corrected chi connectivity index (χ0v) is 16.3. The number of hydrogen-bond donors (Lipinski definition) is 1. The number of carboxylic acid groups (broad SMARTS) is 1. The Morgan fingerprint density at radius 1 is 1.25 bits per heavy atom. The predicted molar refractivity (Wildman–Crippen MR) is 98.5 cm³/mol. The van der Waals surface area contributed by atoms with Crippen molar-refractivity contribution in [3.63, 3.8) is 0 Å². The lowest BCUT2D eigenvalue weighted by atomic mass is 10.1. The molecule has 2 aliphatic heterocycles. The van der Waals surface area contributed by atoms with E-state index in [0.29, 0.717) is 39.1 Å². The maximum Gasteiger partial charge on any atom is 0.303 e. The fourth-order valence-corrected chi connectivity index (χ4v) is 3.72. The van der Waals surface area contributed by atoms with Gasteiger partial charge in [-0.3, -0.25) is 19.1 Å². The number of ether oxygens (including phenoxy) is 1. The van der Waals surface area contributed by atoms with Crippen LogP contribution in [0.1, 0.15) is 17.8 Å². The summed E-state index contributed by atoms with van der Waals surface area (Å²) in [7, 11) is 3.41. The van der Waals surface area contributed by atoms with Crippen molar-refractivity contribution in [3.8, 4) is 0 Å². The maximum absolute atomic E-state index is 13.2. The van der Waals surface area contributed by atoms with Crippen molar-refractivity contribution in [1.82, 2.24) is 24.5 Å². The lowest BCUT2D eigenvalue weighted by Gasteiger charge is -2.41. The van der Waals surface area contributed by atoms with Crippen LogP contribution in [-0.2, 0) is 38.6 Å². The molecular weight excluding hydrogens is 366 g/mol. The normalized spacial score (nSPS) is 20.1. The maximum atomic E-state index is 13.2. The number of methoxy groups -OCH3 is 1. The van der Waals surface area contributed by atoms with E-state index in [1.54, 1.807) is 9.80 Å². The molecule has 28 heavy (non-hydrogen) atoms. The lowest BCUT2D eigenvalue weighted by molar-refractivity contribution is -0.152. The van der Waals surface area contributed by atoms with Crippen LogP contribution >= 0.6 is 0 Å². The van der Waals surface area contributed by atoms with Gasteiger partial charge in [-0.15, -0.1) is 0 Å². The van der Waals surface area contributed by atoms with Gasteiger partial charge in [-0.05, 0) is 13.1 Å². The van der Waals surface area contributed by atoms with E-state index in [0.717, 1.165) is 17.9 Å². The topological polar surface area (TPSA) is 108 Å². The van der Waals surface area contributed by atoms with E-state index in [9.17, 15) is 14.4 Å². The summed E-state index contributed by atoms with van der Waals surface area (Å²) in [6.07, 6.45) is 0.403. The molecule has 0 bridgehead atoms. The summed E-state index contributed by atoms with van der Waals surface area (Å²) in [5, 5.41) is 13.3. The third kappa shape index (κ3) is 4.50. The Morgan fingerprint density at radius 2 is 2.04 bits per heavy atom. The summed E-state index contributed by atoms with van der Waals surface area (Å²) >= 11 is 0. The molecule has 10 nitrogen and oxygen atoms in total. The smallest absolute Gasteiger partial charge is 0.303 e. The Bertz CT molecular complexity index is 749. The number of rotatable bonds is 6. The number of aromatic nitrogens is 2. The van der Waals surface area contributed by atoms with Gasteiger partial charge in [-0.25, -0.2) is 0 Å². The molecule has 10 heteroatoms. The van der Waals surface area contributed by atoms with E-state index >= 15 is 0 Å². The van der Waals surface area contributed by atoms with E-state index in [4.69, 9.17) is 9.84 Å². The van der Waals surface area contributed by atoms with E-state index in [2.05, 4.69) is 10.00 Å². The average Bonchev–Trinajstić information content (AvgIpc) is 3.08. The van der Waals surface area contributed by atoms with Crippen LogP contribution in [0.25, 0.3) is 0 Å². The summed E-state index contributed by atoms with van der Waals surface area (Å²) in [5.74, 6) is -1.10. The van der Waals surface area contributed by atoms with Crippen LogP contribution < -0.4 is 0 Å². The number of likely N-dealkylation sites (N-methyl/N-ethyl adjacent to an activating group) is 1. The predicted octanol–water partition coefficient (Wildman–Crippen LogP) is -0.968. The van der Waals surface area contributed by atoms with Crippen LogP contribution in [0.5, 0.6) is 0 Å². The summed E-state index contributed by atoms with van der Waals surface area (Å²) in [5.41, 5.74) is 1.61. The Morgan fingerprint density at radius 3 is 2.75 bits per heavy atom. The molecule has 0 aliphatic carbocycles. The number of aryl methyl sites for hydroxylation is 1. The van der Waals surface area contributed by atoms with Crippen LogP contribution in [0.2, 0.25) is 0 Å². The molecule has 0 saturated carbocycles. The van der Waals surface area contributed by atoms with Crippen molar-refractivity contribution >= 4 is 17.8 Å². The number of nitrogens with zero attached hydrogens (tertiary/aromatic N) is 5. The fraction of sp³-hybridized carbons (Fsp3) is 0.667. The number of hydrogen-bond acceptors (Lipinski definition) is 6. The molecule has 1 N–H and O–H groups in total. The van der Waals surface area contributed by atoms with Gasteiger partial charge in [0.2, 0.25) is 11.8 Å². The number of piperazine rings is 1. The van der Waals surface area contributed by atoms with Crippen molar-refractivity contribution in [2.24, 2.45) is 0 Å². The molecule has 3 heterocycles. The Kier molecular flexibility index (Phi) is 6.30. The van der Waals surface area contributed by atoms with Crippen LogP contribution in [0, 0.1) is 0 Å². The molecular formula is C18H27N5O5. The van der Waals surface area contributed by atoms with Gasteiger partial charge < -0.3 is 24.5 Å². The van der Waals surface area contributed by atoms with Gasteiger partial charge in [0, 0.05) is 39.7 Å². The quantitative estimate of drug-likeness (QED) is 0.663. The Balaban J connectivity index is 1.70. The van der Waals surface area contributed by atoms with E-state index in [1.807, 2.05) is 17.8 Å². The zero-order valence-electron chi connectivity index (χ0n) is 16.3. The number of amides is 2. The van der Waals surface area contributed by atoms with Crippen LogP contribution in [-0.4, -0.2) is 100 Å². The molecule has 1 atom stereocenters. The molecule has 1 aromatic heterocycles. The van der Waals surface area contributed by atoms with Crippen LogP contribution in [0.3, 0.4) is 0 Å². The number of carboxylic acids is 1. The first-order valence-electron chi connectivity index (χ1n) is 9.42. The van der Waals surface area contributed by atoms with Crippen LogP contribution in [0.15, 0.2) is 6.07 Å². The third-order valence-corrected chi connectivity index (χ3v) is 5.21. The number of carbonyl (C=O) groups is 3. The molecule has 1 saturated heterocycles. The minimum absolute atomic E-state index is 0.0318. The number of fused-ring (bicyclic) bond motifs is 1. The molecule has 0 radical (unpaired) electrons. The van der Waals surface area contributed by atoms with Gasteiger partial charge in [0.25, 0.3) is 0 Å². The monoisotopic (exact) mass is 393 g/mol. The molecule has 2 aliphatic rings. The van der Waals surface area contributed by atoms with E-state index in [-0.39, 0.29) is 24.8 Å². The summed E-state index contributed by atoms with van der Waals surface area (Å²) in [6.45, 7) is 3.16. The van der Waals surface area contributed by atoms with Crippen molar-refractivity contribution in [2.75, 3.05) is 46.9 Å². The van der Waals surface area contributed by atoms with Gasteiger partial charge in [0.1, 0.15) is 12.6 Å². The average molecular weight is 393 g/mol. The molecule has 0 aromatic carbocycles. The van der Waals surface area contributed by atoms with Crippen molar-refractivity contribution < 1.29 is 24.2 Å². The molecule has 0 spiro atoms. The summed E-state index contributed by atoms with van der Waals surface area (Å²) in [4.78, 5) is 41.8. The third-order valence-electron chi connectivity index (χ3n) is 5.21. The SMILES string of the molecule is COCC(=O)N1CCN(C)CC1C(=O)N1CCn2nc(CCC(=O)O)cc2C1. The highest BCUT2D eigenvalue weighted by atomic mass is 16.5. The van der Waals surface area contributed by atoms with Crippen LogP contribution in [0.4, 0.5) is 0 Å². The van der Waals surface area contributed by atoms with Gasteiger partial charge in [-0.2, -0.15) is 5.10 Å². The van der Waals surface area contributed by atoms with Crippen molar-refractivity contribution in [3.05, 3.63) is 17.5 Å². The lowest BCUT2D eigenvalue weighted by Crippen LogP contribution is -2.61. The van der Waals surface area contributed by atoms with Crippen molar-refractivity contribution in [2.45, 2.75) is 32.0 Å². The minimum Gasteiger partial charge on any atom is -0.481 e. The molecule has 1 fully saturated rings. The minimum atomic E-state index is -0.856. The molecule has 1 unspecified atom stereocenters. The second-order valence-electron chi connectivity index (χ2n) is 7.30. The molecule has 1 aromatic rings. The highest BCUT2D eigenvalue weighted by Crippen LogP contribution is 2.19. The first kappa shape index (κ1) is 20.3. The fourth-order valence-electron chi connectivity index (χ4n) is 3.72. The molecule has 154 valence electrons. The largest absolute Gasteiger partial charge is 0.481 e. The number of carbonyl (C=O) groups excluding carboxylic acids is 2. The Hall–Kier alpha value is -2.46. The molecule has 3 rings (SSSR count). The molecule has 2 amide bonds. The van der Waals surface area contributed by atoms with Gasteiger partial charge in [0.05, 0.1) is 30.9 Å². The Labute approximate surface area is 163 Å². The van der Waals surface area contributed by atoms with E-state index in [1.165, 1.54) is 7.11 Å². The summed E-state index contributed by atoms with van der Waals surface area (Å²) in [6, 6.07) is 1.34. The zero-order chi connectivity index (χ0) is 20.3. The summed E-state index contributed by atoms with van der Waals surface area (Å²) < 4.78 is 6.80. The first-order chi connectivity index (χ1) is 13.4. The van der Waals surface area contributed by atoms with Gasteiger partial charge >= 0.3 is 5.97 Å². The van der Waals surface area contributed by atoms with E-state index < -0.39 is 12.0 Å². The second kappa shape index (κ2) is 8.70. The van der Waals surface area contributed by atoms with Gasteiger partial charge in [-0.1, -0.05) is 0 Å². The highest BCUT2D eigenvalue weighted by molar-refractivity contribution is 5.88. The van der Waals surface area contributed by atoms with Crippen molar-refractivity contribution in [1.29, 1.82) is 0 Å². The first-order valence-corrected chi connectivity index (χ1v) is 9.42.